The van der Waals surface area contributed by atoms with Crippen molar-refractivity contribution in [3.8, 4) is 16.3 Å². The molecule has 0 fully saturated rings. The summed E-state index contributed by atoms with van der Waals surface area (Å²) < 4.78 is 77.4. The molecule has 0 bridgehead atoms. The van der Waals surface area contributed by atoms with Crippen LogP contribution in [0.4, 0.5) is 5.69 Å². The van der Waals surface area contributed by atoms with Gasteiger partial charge in [0.15, 0.2) is 0 Å². The summed E-state index contributed by atoms with van der Waals surface area (Å²) in [5, 5.41) is 1.17. The molecular weight excluding hydrogens is 674 g/mol. The van der Waals surface area contributed by atoms with Crippen LogP contribution < -0.4 is 69.2 Å². The van der Waals surface area contributed by atoms with Gasteiger partial charge >= 0.3 is 59.1 Å². The average molecular weight is 700 g/mol. The minimum atomic E-state index is -5.03. The van der Waals surface area contributed by atoms with Crippen molar-refractivity contribution in [2.75, 3.05) is 11.9 Å². The Labute approximate surface area is 296 Å². The van der Waals surface area contributed by atoms with Crippen LogP contribution in [0.1, 0.15) is 38.5 Å². The molecule has 0 radical (unpaired) electrons. The number of rotatable bonds is 12. The fourth-order valence-electron chi connectivity index (χ4n) is 3.96. The predicted octanol–water partition coefficient (Wildman–Crippen LogP) is -0.436. The van der Waals surface area contributed by atoms with Crippen molar-refractivity contribution in [3.63, 3.8) is 0 Å². The van der Waals surface area contributed by atoms with Crippen LogP contribution in [0.5, 0.6) is 5.75 Å². The quantitative estimate of drug-likeness (QED) is 0.0636. The van der Waals surface area contributed by atoms with Gasteiger partial charge in [-0.3, -0.25) is 0 Å². The van der Waals surface area contributed by atoms with E-state index in [9.17, 15) is 25.9 Å². The summed E-state index contributed by atoms with van der Waals surface area (Å²) >= 11 is 4.87. The Balaban J connectivity index is 0.00000294. The Morgan fingerprint density at radius 3 is 2.22 bits per heavy atom. The molecule has 2 aromatic rings. The summed E-state index contributed by atoms with van der Waals surface area (Å²) in [6, 6.07) is 13.2. The smallest absolute Gasteiger partial charge is 0.744 e. The zero-order valence-electron chi connectivity index (χ0n) is 22.7. The van der Waals surface area contributed by atoms with Gasteiger partial charge in [-0.05, 0) is 49.2 Å². The molecule has 2 aromatic carbocycles. The number of benzene rings is 3. The second kappa shape index (κ2) is 16.6. The number of ether oxygens (including phenoxy) is 1. The SMILES string of the molecule is O=S(=O)([O-])c1ccc(S(=O)(=O)[O-])c(N=c2cc3sc4ccccc4nc-3cc2OCCCCCCCCBr)c1.[Na+].[Na+]. The van der Waals surface area contributed by atoms with Crippen molar-refractivity contribution < 1.29 is 89.8 Å². The third-order valence-corrected chi connectivity index (χ3v) is 9.27. The van der Waals surface area contributed by atoms with E-state index in [1.165, 1.54) is 11.3 Å². The van der Waals surface area contributed by atoms with E-state index in [-0.39, 0.29) is 64.5 Å². The van der Waals surface area contributed by atoms with E-state index >= 15 is 0 Å². The maximum Gasteiger partial charge on any atom is 1.00 e. The van der Waals surface area contributed by atoms with Gasteiger partial charge in [-0.1, -0.05) is 53.7 Å². The minimum Gasteiger partial charge on any atom is -0.744 e. The molecule has 0 amide bonds. The summed E-state index contributed by atoms with van der Waals surface area (Å²) in [5.41, 5.74) is 0.967. The molecule has 15 heteroatoms. The van der Waals surface area contributed by atoms with E-state index in [1.54, 1.807) is 12.1 Å². The van der Waals surface area contributed by atoms with Crippen LogP contribution in [0.2, 0.25) is 0 Å². The second-order valence-corrected chi connectivity index (χ2v) is 13.4. The van der Waals surface area contributed by atoms with Crippen LogP contribution in [0.25, 0.3) is 20.8 Å². The number of unbranched alkanes of at least 4 members (excludes halogenated alkanes) is 5. The first-order chi connectivity index (χ1) is 18.6. The number of halogens is 1. The summed E-state index contributed by atoms with van der Waals surface area (Å²) in [6.45, 7) is 0.366. The first kappa shape index (κ1) is 36.8. The molecule has 0 atom stereocenters. The van der Waals surface area contributed by atoms with E-state index in [4.69, 9.17) is 9.72 Å². The fourth-order valence-corrected chi connectivity index (χ4v) is 6.43. The van der Waals surface area contributed by atoms with Crippen molar-refractivity contribution >= 4 is 63.4 Å². The molecule has 4 rings (SSSR count). The van der Waals surface area contributed by atoms with Gasteiger partial charge in [0.2, 0.25) is 0 Å². The monoisotopic (exact) mass is 698 g/mol. The molecule has 41 heavy (non-hydrogen) atoms. The number of hydrogen-bond acceptors (Lipinski definition) is 10. The molecule has 0 N–H and O–H groups in total. The van der Waals surface area contributed by atoms with Gasteiger partial charge in [0.1, 0.15) is 31.3 Å². The Hall–Kier alpha value is -0.420. The van der Waals surface area contributed by atoms with Crippen molar-refractivity contribution in [2.24, 2.45) is 4.99 Å². The van der Waals surface area contributed by atoms with Gasteiger partial charge in [-0.15, -0.1) is 11.3 Å². The summed E-state index contributed by atoms with van der Waals surface area (Å²) in [6.07, 6.45) is 6.24. The maximum atomic E-state index is 11.9. The molecule has 0 unspecified atom stereocenters. The third-order valence-electron chi connectivity index (χ3n) is 5.88. The molecule has 1 heterocycles. The first-order valence-electron chi connectivity index (χ1n) is 12.2. The molecule has 0 saturated carbocycles. The van der Waals surface area contributed by atoms with Crippen LogP contribution in [0.3, 0.4) is 0 Å². The largest absolute Gasteiger partial charge is 1.00 e. The molecule has 0 saturated heterocycles. The van der Waals surface area contributed by atoms with Crippen LogP contribution in [-0.4, -0.2) is 42.9 Å². The van der Waals surface area contributed by atoms with Gasteiger partial charge in [-0.2, -0.15) is 0 Å². The Bertz CT molecular complexity index is 1730. The van der Waals surface area contributed by atoms with Crippen molar-refractivity contribution in [1.29, 1.82) is 0 Å². The molecule has 1 aliphatic heterocycles. The fraction of sp³-hybridized carbons (Fsp3) is 0.308. The van der Waals surface area contributed by atoms with E-state index in [2.05, 4.69) is 20.9 Å². The molecular formula is C26H25BrN2Na2O7S3. The molecule has 2 aliphatic rings. The molecule has 0 spiro atoms. The van der Waals surface area contributed by atoms with Crippen molar-refractivity contribution in [3.05, 3.63) is 60.0 Å². The topological polar surface area (TPSA) is 149 Å². The summed E-state index contributed by atoms with van der Waals surface area (Å²) in [4.78, 5) is 8.29. The number of alkyl halides is 1. The second-order valence-electron chi connectivity index (χ2n) is 8.78. The van der Waals surface area contributed by atoms with Crippen LogP contribution >= 0.6 is 27.3 Å². The molecule has 1 aliphatic carbocycles. The Morgan fingerprint density at radius 1 is 0.854 bits per heavy atom. The van der Waals surface area contributed by atoms with E-state index in [0.29, 0.717) is 22.9 Å². The molecule has 208 valence electrons. The standard InChI is InChI=1S/C26H27BrN2O7S3.2Na/c27-13-7-3-1-2-4-8-14-36-23-16-21-25(37-24-10-6-5-9-19(24)28-21)17-20(23)29-22-15-18(38(30,31)32)11-12-26(22)39(33,34)35;;/h5-6,9-12,15-17H,1-4,7-8,13-14H2,(H,30,31,32)(H,33,34,35);;/q;2*+1/p-2. The number of fused-ring (bicyclic) bond motifs is 2. The molecule has 9 nitrogen and oxygen atoms in total. The van der Waals surface area contributed by atoms with Gasteiger partial charge < -0.3 is 13.8 Å². The van der Waals surface area contributed by atoms with Gasteiger partial charge in [0, 0.05) is 11.4 Å². The van der Waals surface area contributed by atoms with Crippen LogP contribution in [-0.2, 0) is 20.2 Å². The Morgan fingerprint density at radius 2 is 1.54 bits per heavy atom. The van der Waals surface area contributed by atoms with E-state index in [0.717, 1.165) is 72.3 Å². The van der Waals surface area contributed by atoms with E-state index in [1.807, 2.05) is 24.3 Å². The maximum absolute atomic E-state index is 11.9. The van der Waals surface area contributed by atoms with Crippen LogP contribution in [0.15, 0.2) is 69.4 Å². The van der Waals surface area contributed by atoms with Crippen LogP contribution in [0, 0.1) is 0 Å². The van der Waals surface area contributed by atoms with Gasteiger partial charge in [0.05, 0.1) is 42.9 Å². The number of hydrogen-bond donors (Lipinski definition) is 0. The number of nitrogens with zero attached hydrogens (tertiary/aromatic N) is 2. The van der Waals surface area contributed by atoms with Gasteiger partial charge in [-0.25, -0.2) is 26.8 Å². The first-order valence-corrected chi connectivity index (χ1v) is 16.9. The predicted molar refractivity (Wildman–Crippen MR) is 151 cm³/mol. The van der Waals surface area contributed by atoms with Crippen molar-refractivity contribution in [2.45, 2.75) is 48.3 Å². The third kappa shape index (κ3) is 10.3. The minimum absolute atomic E-state index is 0. The van der Waals surface area contributed by atoms with E-state index < -0.39 is 35.7 Å². The zero-order valence-corrected chi connectivity index (χ0v) is 30.7. The normalized spacial score (nSPS) is 12.2. The molecule has 0 aromatic heterocycles. The number of aromatic nitrogens is 1. The Kier molecular flexibility index (Phi) is 14.9. The zero-order chi connectivity index (χ0) is 28.0. The van der Waals surface area contributed by atoms with Crippen molar-refractivity contribution in [1.82, 2.24) is 4.98 Å². The number of para-hydroxylation sites is 1. The average Bonchev–Trinajstić information content (AvgIpc) is 2.88. The van der Waals surface area contributed by atoms with Gasteiger partial charge in [0.25, 0.3) is 0 Å². The summed E-state index contributed by atoms with van der Waals surface area (Å²) in [7, 11) is -9.95. The summed E-state index contributed by atoms with van der Waals surface area (Å²) in [5.74, 6) is 0.293.